The second-order valence-corrected chi connectivity index (χ2v) is 6.33. The number of ether oxygens (including phenoxy) is 2. The molecule has 1 atom stereocenters. The van der Waals surface area contributed by atoms with Gasteiger partial charge in [0.15, 0.2) is 16.6 Å². The minimum absolute atomic E-state index is 0.291. The number of thiocarbonyl (C=S) groups is 1. The average Bonchev–Trinajstić information content (AvgIpc) is 3.07. The Balaban J connectivity index is 1.52. The molecule has 1 aliphatic heterocycles. The molecular formula is C19H22N2O2S. The molecular weight excluding hydrogens is 320 g/mol. The van der Waals surface area contributed by atoms with Gasteiger partial charge in [-0.25, -0.2) is 0 Å². The maximum absolute atomic E-state index is 5.38. The fraction of sp³-hybridized carbons (Fsp3) is 0.316. The lowest BCUT2D eigenvalue weighted by Gasteiger charge is -2.13. The summed E-state index contributed by atoms with van der Waals surface area (Å²) >= 11 is 5.36. The lowest BCUT2D eigenvalue weighted by molar-refractivity contribution is 0.174. The summed E-state index contributed by atoms with van der Waals surface area (Å²) in [6, 6.07) is 14.3. The fourth-order valence-electron chi connectivity index (χ4n) is 2.54. The number of hydrogen-bond acceptors (Lipinski definition) is 3. The molecule has 1 heterocycles. The Morgan fingerprint density at radius 2 is 1.88 bits per heavy atom. The fourth-order valence-corrected chi connectivity index (χ4v) is 2.73. The third kappa shape index (κ3) is 3.97. The molecule has 0 bridgehead atoms. The second kappa shape index (κ2) is 7.53. The maximum Gasteiger partial charge on any atom is 0.231 e. The van der Waals surface area contributed by atoms with Crippen LogP contribution in [0.5, 0.6) is 11.5 Å². The highest BCUT2D eigenvalue weighted by Gasteiger charge is 2.13. The van der Waals surface area contributed by atoms with E-state index < -0.39 is 0 Å². The Labute approximate surface area is 148 Å². The lowest BCUT2D eigenvalue weighted by Crippen LogP contribution is -2.27. The number of fused-ring (bicyclic) bond motifs is 1. The van der Waals surface area contributed by atoms with Gasteiger partial charge < -0.3 is 20.1 Å². The molecule has 0 amide bonds. The van der Waals surface area contributed by atoms with Crippen molar-refractivity contribution >= 4 is 23.0 Å². The van der Waals surface area contributed by atoms with Crippen molar-refractivity contribution in [3.8, 4) is 11.5 Å². The van der Waals surface area contributed by atoms with Gasteiger partial charge in [0, 0.05) is 12.2 Å². The largest absolute Gasteiger partial charge is 0.454 e. The number of rotatable bonds is 5. The van der Waals surface area contributed by atoms with Crippen molar-refractivity contribution < 1.29 is 9.47 Å². The van der Waals surface area contributed by atoms with E-state index in [0.29, 0.717) is 24.4 Å². The zero-order valence-corrected chi connectivity index (χ0v) is 14.8. The summed E-state index contributed by atoms with van der Waals surface area (Å²) in [5.41, 5.74) is 3.43. The Hall–Kier alpha value is -2.27. The highest BCUT2D eigenvalue weighted by atomic mass is 32.1. The predicted octanol–water partition coefficient (Wildman–Crippen LogP) is 4.42. The van der Waals surface area contributed by atoms with E-state index in [1.165, 1.54) is 5.56 Å². The SMILES string of the molecule is CC[C@H](C)c1ccc(NC(=S)NCc2ccc3c(c2)OCO3)cc1. The maximum atomic E-state index is 5.38. The van der Waals surface area contributed by atoms with Gasteiger partial charge in [-0.2, -0.15) is 0 Å². The molecule has 0 aromatic heterocycles. The van der Waals surface area contributed by atoms with Crippen LogP contribution in [-0.2, 0) is 6.54 Å². The lowest BCUT2D eigenvalue weighted by atomic mass is 9.99. The van der Waals surface area contributed by atoms with Crippen LogP contribution >= 0.6 is 12.2 Å². The third-order valence-corrected chi connectivity index (χ3v) is 4.49. The predicted molar refractivity (Wildman–Crippen MR) is 101 cm³/mol. The van der Waals surface area contributed by atoms with Gasteiger partial charge in [0.25, 0.3) is 0 Å². The van der Waals surface area contributed by atoms with Crippen LogP contribution in [0.1, 0.15) is 37.3 Å². The van der Waals surface area contributed by atoms with Crippen LogP contribution in [0.3, 0.4) is 0 Å². The van der Waals surface area contributed by atoms with Crippen molar-refractivity contribution in [3.63, 3.8) is 0 Å². The number of anilines is 1. The van der Waals surface area contributed by atoms with E-state index in [4.69, 9.17) is 21.7 Å². The molecule has 0 saturated carbocycles. The van der Waals surface area contributed by atoms with E-state index in [0.717, 1.165) is 29.2 Å². The summed E-state index contributed by atoms with van der Waals surface area (Å²) in [5, 5.41) is 7.03. The molecule has 2 N–H and O–H groups in total. The molecule has 2 aromatic rings. The van der Waals surface area contributed by atoms with Gasteiger partial charge in [0.2, 0.25) is 6.79 Å². The first kappa shape index (κ1) is 16.6. The zero-order chi connectivity index (χ0) is 16.9. The number of nitrogens with one attached hydrogen (secondary N) is 2. The topological polar surface area (TPSA) is 42.5 Å². The normalized spacial score (nSPS) is 13.4. The van der Waals surface area contributed by atoms with Gasteiger partial charge in [-0.05, 0) is 59.9 Å². The Morgan fingerprint density at radius 3 is 2.62 bits per heavy atom. The minimum atomic E-state index is 0.291. The molecule has 0 aliphatic carbocycles. The standard InChI is InChI=1S/C19H22N2O2S/c1-3-13(2)15-5-7-16(8-6-15)21-19(24)20-11-14-4-9-17-18(10-14)23-12-22-17/h4-10,13H,3,11-12H2,1-2H3,(H2,20,21,24)/t13-/m0/s1. The van der Waals surface area contributed by atoms with Gasteiger partial charge in [0.1, 0.15) is 0 Å². The third-order valence-electron chi connectivity index (χ3n) is 4.24. The molecule has 1 aliphatic rings. The highest BCUT2D eigenvalue weighted by Crippen LogP contribution is 2.32. The molecule has 3 rings (SSSR count). The molecule has 0 unspecified atom stereocenters. The Kier molecular flexibility index (Phi) is 5.20. The smallest absolute Gasteiger partial charge is 0.231 e. The summed E-state index contributed by atoms with van der Waals surface area (Å²) in [6.07, 6.45) is 1.14. The van der Waals surface area contributed by atoms with Crippen molar-refractivity contribution in [2.75, 3.05) is 12.1 Å². The van der Waals surface area contributed by atoms with E-state index >= 15 is 0 Å². The number of hydrogen-bond donors (Lipinski definition) is 2. The number of benzene rings is 2. The van der Waals surface area contributed by atoms with Crippen molar-refractivity contribution in [1.29, 1.82) is 0 Å². The van der Waals surface area contributed by atoms with E-state index in [1.807, 2.05) is 18.2 Å². The first-order valence-electron chi connectivity index (χ1n) is 8.19. The molecule has 0 saturated heterocycles. The van der Waals surface area contributed by atoms with Crippen molar-refractivity contribution in [2.45, 2.75) is 32.7 Å². The van der Waals surface area contributed by atoms with Gasteiger partial charge >= 0.3 is 0 Å². The first-order chi connectivity index (χ1) is 11.7. The molecule has 4 nitrogen and oxygen atoms in total. The summed E-state index contributed by atoms with van der Waals surface area (Å²) in [7, 11) is 0. The molecule has 126 valence electrons. The van der Waals surface area contributed by atoms with Crippen molar-refractivity contribution in [3.05, 3.63) is 53.6 Å². The van der Waals surface area contributed by atoms with Crippen molar-refractivity contribution in [1.82, 2.24) is 5.32 Å². The molecule has 0 fully saturated rings. The summed E-state index contributed by atoms with van der Waals surface area (Å²) in [5.74, 6) is 2.16. The summed E-state index contributed by atoms with van der Waals surface area (Å²) in [4.78, 5) is 0. The van der Waals surface area contributed by atoms with Crippen LogP contribution in [0.4, 0.5) is 5.69 Å². The summed E-state index contributed by atoms with van der Waals surface area (Å²) in [6.45, 7) is 5.36. The van der Waals surface area contributed by atoms with E-state index in [2.05, 4.69) is 48.7 Å². The van der Waals surface area contributed by atoms with Crippen LogP contribution in [0.15, 0.2) is 42.5 Å². The second-order valence-electron chi connectivity index (χ2n) is 5.93. The molecule has 24 heavy (non-hydrogen) atoms. The van der Waals surface area contributed by atoms with Crippen LogP contribution in [-0.4, -0.2) is 11.9 Å². The minimum Gasteiger partial charge on any atom is -0.454 e. The Morgan fingerprint density at radius 1 is 1.12 bits per heavy atom. The van der Waals surface area contributed by atoms with Crippen molar-refractivity contribution in [2.24, 2.45) is 0 Å². The molecule has 2 aromatic carbocycles. The first-order valence-corrected chi connectivity index (χ1v) is 8.60. The van der Waals surface area contributed by atoms with Crippen LogP contribution in [0, 0.1) is 0 Å². The van der Waals surface area contributed by atoms with Crippen LogP contribution in [0.2, 0.25) is 0 Å². The molecule has 5 heteroatoms. The van der Waals surface area contributed by atoms with Gasteiger partial charge in [-0.3, -0.25) is 0 Å². The van der Waals surface area contributed by atoms with Gasteiger partial charge in [-0.15, -0.1) is 0 Å². The van der Waals surface area contributed by atoms with Crippen LogP contribution in [0.25, 0.3) is 0 Å². The van der Waals surface area contributed by atoms with E-state index in [-0.39, 0.29) is 0 Å². The highest BCUT2D eigenvalue weighted by molar-refractivity contribution is 7.80. The molecule has 0 radical (unpaired) electrons. The quantitative estimate of drug-likeness (QED) is 0.788. The zero-order valence-electron chi connectivity index (χ0n) is 14.0. The van der Waals surface area contributed by atoms with E-state index in [9.17, 15) is 0 Å². The van der Waals surface area contributed by atoms with Gasteiger partial charge in [0.05, 0.1) is 0 Å². The van der Waals surface area contributed by atoms with Crippen LogP contribution < -0.4 is 20.1 Å². The average molecular weight is 342 g/mol. The monoisotopic (exact) mass is 342 g/mol. The Bertz CT molecular complexity index is 716. The molecule has 0 spiro atoms. The summed E-state index contributed by atoms with van der Waals surface area (Å²) < 4.78 is 10.7. The van der Waals surface area contributed by atoms with E-state index in [1.54, 1.807) is 0 Å². The van der Waals surface area contributed by atoms with Gasteiger partial charge in [-0.1, -0.05) is 32.0 Å².